The Labute approximate surface area is 101 Å². The van der Waals surface area contributed by atoms with Crippen molar-refractivity contribution in [3.8, 4) is 5.88 Å². The quantitative estimate of drug-likeness (QED) is 0.907. The summed E-state index contributed by atoms with van der Waals surface area (Å²) >= 11 is 0. The molecule has 0 aliphatic carbocycles. The van der Waals surface area contributed by atoms with Gasteiger partial charge in [0.2, 0.25) is 5.88 Å². The summed E-state index contributed by atoms with van der Waals surface area (Å²) in [4.78, 5) is 15.3. The van der Waals surface area contributed by atoms with Crippen LogP contribution in [0.3, 0.4) is 0 Å². The Balaban J connectivity index is 2.63. The van der Waals surface area contributed by atoms with E-state index < -0.39 is 25.3 Å². The SMILES string of the molecule is CN(C(=O)O)c1ccnc(OCCC(F)(F)F)c1. The average molecular weight is 264 g/mol. The van der Waals surface area contributed by atoms with Crippen LogP contribution in [-0.2, 0) is 0 Å². The molecule has 0 unspecified atom stereocenters. The number of rotatable bonds is 4. The van der Waals surface area contributed by atoms with Gasteiger partial charge in [0, 0.05) is 19.3 Å². The molecule has 18 heavy (non-hydrogen) atoms. The number of carbonyl (C=O) groups is 1. The zero-order valence-electron chi connectivity index (χ0n) is 9.44. The zero-order valence-corrected chi connectivity index (χ0v) is 9.44. The molecule has 0 aromatic carbocycles. The van der Waals surface area contributed by atoms with Gasteiger partial charge in [0.25, 0.3) is 0 Å². The molecule has 0 spiro atoms. The van der Waals surface area contributed by atoms with E-state index in [1.54, 1.807) is 0 Å². The van der Waals surface area contributed by atoms with Crippen molar-refractivity contribution in [1.29, 1.82) is 0 Å². The minimum atomic E-state index is -4.30. The maximum absolute atomic E-state index is 11.9. The Hall–Kier alpha value is -1.99. The van der Waals surface area contributed by atoms with Crippen LogP contribution in [0, 0.1) is 0 Å². The number of ether oxygens (including phenoxy) is 1. The van der Waals surface area contributed by atoms with E-state index in [-0.39, 0.29) is 11.6 Å². The topological polar surface area (TPSA) is 62.7 Å². The standard InChI is InChI=1S/C10H11F3N2O3/c1-15(9(16)17)7-2-4-14-8(6-7)18-5-3-10(11,12)13/h2,4,6H,3,5H2,1H3,(H,16,17). The minimum Gasteiger partial charge on any atom is -0.477 e. The van der Waals surface area contributed by atoms with Gasteiger partial charge >= 0.3 is 12.3 Å². The molecule has 1 heterocycles. The first-order valence-corrected chi connectivity index (χ1v) is 4.92. The second kappa shape index (κ2) is 5.56. The van der Waals surface area contributed by atoms with Crippen molar-refractivity contribution in [3.63, 3.8) is 0 Å². The lowest BCUT2D eigenvalue weighted by atomic mass is 10.4. The summed E-state index contributed by atoms with van der Waals surface area (Å²) in [6, 6.07) is 2.66. The van der Waals surface area contributed by atoms with Crippen molar-refractivity contribution in [2.75, 3.05) is 18.6 Å². The fraction of sp³-hybridized carbons (Fsp3) is 0.400. The summed E-state index contributed by atoms with van der Waals surface area (Å²) < 4.78 is 40.5. The lowest BCUT2D eigenvalue weighted by Crippen LogP contribution is -2.23. The normalized spacial score (nSPS) is 11.1. The summed E-state index contributed by atoms with van der Waals surface area (Å²) in [5.74, 6) is -0.0511. The third-order valence-corrected chi connectivity index (χ3v) is 2.03. The summed E-state index contributed by atoms with van der Waals surface area (Å²) in [5, 5.41) is 8.73. The van der Waals surface area contributed by atoms with Crippen molar-refractivity contribution >= 4 is 11.8 Å². The van der Waals surface area contributed by atoms with E-state index in [2.05, 4.69) is 4.98 Å². The summed E-state index contributed by atoms with van der Waals surface area (Å²) in [5.41, 5.74) is 0.263. The number of nitrogens with zero attached hydrogens (tertiary/aromatic N) is 2. The van der Waals surface area contributed by atoms with Crippen LogP contribution >= 0.6 is 0 Å². The molecule has 0 fully saturated rings. The van der Waals surface area contributed by atoms with Gasteiger partial charge in [0.15, 0.2) is 0 Å². The molecule has 0 radical (unpaired) electrons. The van der Waals surface area contributed by atoms with Gasteiger partial charge in [-0.15, -0.1) is 0 Å². The Kier molecular flexibility index (Phi) is 4.35. The molecule has 0 saturated heterocycles. The van der Waals surface area contributed by atoms with Crippen molar-refractivity contribution in [3.05, 3.63) is 18.3 Å². The Morgan fingerprint density at radius 1 is 1.56 bits per heavy atom. The largest absolute Gasteiger partial charge is 0.477 e. The molecule has 0 bridgehead atoms. The van der Waals surface area contributed by atoms with Crippen molar-refractivity contribution < 1.29 is 27.8 Å². The lowest BCUT2D eigenvalue weighted by Gasteiger charge is -2.14. The summed E-state index contributed by atoms with van der Waals surface area (Å²) in [6.07, 6.45) is -5.32. The highest BCUT2D eigenvalue weighted by Gasteiger charge is 2.26. The number of pyridine rings is 1. The Morgan fingerprint density at radius 3 is 2.78 bits per heavy atom. The molecule has 1 amide bonds. The van der Waals surface area contributed by atoms with Crippen LogP contribution in [0.15, 0.2) is 18.3 Å². The monoisotopic (exact) mass is 264 g/mol. The molecule has 1 N–H and O–H groups in total. The predicted octanol–water partition coefficient (Wildman–Crippen LogP) is 2.53. The highest BCUT2D eigenvalue weighted by Crippen LogP contribution is 2.21. The molecule has 1 aromatic heterocycles. The van der Waals surface area contributed by atoms with Crippen LogP contribution in [0.1, 0.15) is 6.42 Å². The lowest BCUT2D eigenvalue weighted by molar-refractivity contribution is -0.139. The fourth-order valence-corrected chi connectivity index (χ4v) is 1.07. The van der Waals surface area contributed by atoms with Crippen molar-refractivity contribution in [1.82, 2.24) is 4.98 Å². The number of hydrogen-bond donors (Lipinski definition) is 1. The smallest absolute Gasteiger partial charge is 0.411 e. The summed E-state index contributed by atoms with van der Waals surface area (Å²) in [7, 11) is 1.30. The zero-order chi connectivity index (χ0) is 13.8. The minimum absolute atomic E-state index is 0.0511. The summed E-state index contributed by atoms with van der Waals surface area (Å²) in [6.45, 7) is -0.559. The van der Waals surface area contributed by atoms with Crippen LogP contribution < -0.4 is 9.64 Å². The Bertz CT molecular complexity index is 423. The van der Waals surface area contributed by atoms with Gasteiger partial charge in [-0.1, -0.05) is 0 Å². The number of alkyl halides is 3. The first-order valence-electron chi connectivity index (χ1n) is 4.92. The van der Waals surface area contributed by atoms with Gasteiger partial charge in [-0.05, 0) is 6.07 Å². The molecule has 0 aliphatic rings. The van der Waals surface area contributed by atoms with Gasteiger partial charge in [-0.25, -0.2) is 9.78 Å². The maximum atomic E-state index is 11.9. The Morgan fingerprint density at radius 2 is 2.22 bits per heavy atom. The molecule has 5 nitrogen and oxygen atoms in total. The highest BCUT2D eigenvalue weighted by molar-refractivity contribution is 5.85. The average Bonchev–Trinajstić information content (AvgIpc) is 2.26. The molecule has 1 rings (SSSR count). The molecular weight excluding hydrogens is 253 g/mol. The fourth-order valence-electron chi connectivity index (χ4n) is 1.07. The molecule has 0 atom stereocenters. The number of aromatic nitrogens is 1. The van der Waals surface area contributed by atoms with Crippen LogP contribution in [0.2, 0.25) is 0 Å². The van der Waals surface area contributed by atoms with Crippen LogP contribution in [0.4, 0.5) is 23.7 Å². The van der Waals surface area contributed by atoms with E-state index in [4.69, 9.17) is 9.84 Å². The second-order valence-electron chi connectivity index (χ2n) is 3.41. The number of amides is 1. The third-order valence-electron chi connectivity index (χ3n) is 2.03. The van der Waals surface area contributed by atoms with Gasteiger partial charge in [-0.2, -0.15) is 13.2 Å². The predicted molar refractivity (Wildman–Crippen MR) is 56.8 cm³/mol. The van der Waals surface area contributed by atoms with E-state index >= 15 is 0 Å². The number of anilines is 1. The van der Waals surface area contributed by atoms with Gasteiger partial charge in [0.1, 0.15) is 0 Å². The molecule has 0 saturated carbocycles. The highest BCUT2D eigenvalue weighted by atomic mass is 19.4. The molecule has 100 valence electrons. The molecule has 0 aliphatic heterocycles. The number of halogens is 3. The third kappa shape index (κ3) is 4.48. The molecular formula is C10H11F3N2O3. The van der Waals surface area contributed by atoms with E-state index in [9.17, 15) is 18.0 Å². The first-order chi connectivity index (χ1) is 8.29. The van der Waals surface area contributed by atoms with Gasteiger partial charge < -0.3 is 9.84 Å². The van der Waals surface area contributed by atoms with E-state index in [0.29, 0.717) is 0 Å². The van der Waals surface area contributed by atoms with Crippen molar-refractivity contribution in [2.24, 2.45) is 0 Å². The van der Waals surface area contributed by atoms with Gasteiger partial charge in [0.05, 0.1) is 18.7 Å². The van der Waals surface area contributed by atoms with E-state index in [1.165, 1.54) is 25.4 Å². The van der Waals surface area contributed by atoms with Crippen LogP contribution in [0.5, 0.6) is 5.88 Å². The van der Waals surface area contributed by atoms with Gasteiger partial charge in [-0.3, -0.25) is 4.90 Å². The second-order valence-corrected chi connectivity index (χ2v) is 3.41. The maximum Gasteiger partial charge on any atom is 0.411 e. The van der Waals surface area contributed by atoms with E-state index in [0.717, 1.165) is 4.90 Å². The number of hydrogen-bond acceptors (Lipinski definition) is 3. The first kappa shape index (κ1) is 14.1. The van der Waals surface area contributed by atoms with Crippen LogP contribution in [-0.4, -0.2) is 36.0 Å². The molecule has 1 aromatic rings. The number of carboxylic acid groups (broad SMARTS) is 1. The van der Waals surface area contributed by atoms with Crippen LogP contribution in [0.25, 0.3) is 0 Å². The molecule has 8 heteroatoms. The van der Waals surface area contributed by atoms with Crippen molar-refractivity contribution in [2.45, 2.75) is 12.6 Å². The van der Waals surface area contributed by atoms with E-state index in [1.807, 2.05) is 0 Å².